The predicted octanol–water partition coefficient (Wildman–Crippen LogP) is 4.22. The molecule has 1 aliphatic rings. The molecule has 2 amide bonds. The first-order chi connectivity index (χ1) is 22.8. The van der Waals surface area contributed by atoms with Gasteiger partial charge in [-0.15, -0.1) is 0 Å². The van der Waals surface area contributed by atoms with Gasteiger partial charge in [0.05, 0.1) is 18.1 Å². The summed E-state index contributed by atoms with van der Waals surface area (Å²) >= 11 is 0. The number of rotatable bonds is 14. The maximum atomic E-state index is 13.9. The van der Waals surface area contributed by atoms with Gasteiger partial charge in [0.15, 0.2) is 6.61 Å². The van der Waals surface area contributed by atoms with Gasteiger partial charge in [-0.3, -0.25) is 19.2 Å². The average molecular weight is 661 g/mol. The van der Waals surface area contributed by atoms with Crippen molar-refractivity contribution in [2.75, 3.05) is 50.7 Å². The standard InChI is InChI=1S/C35H37FN4O6S/c36-29-11-13-30(14-12-29)38-47(43,44)32-17-15-31(16-18-32)46-26-33(41)40(25-27-7-3-1-4-8-27)34(28-9-5-2-6-10-28)35(42)37-19-20-39-21-23-45-24-22-39/h1-18,34,38H,19-26H2,(H,37,42)/t34-/m0/s1. The molecule has 47 heavy (non-hydrogen) atoms. The van der Waals surface area contributed by atoms with E-state index in [1.54, 1.807) is 0 Å². The second-order valence-corrected chi connectivity index (χ2v) is 12.6. The summed E-state index contributed by atoms with van der Waals surface area (Å²) < 4.78 is 52.5. The molecule has 0 saturated carbocycles. The number of carbonyl (C=O) groups excluding carboxylic acids is 2. The fraction of sp³-hybridized carbons (Fsp3) is 0.257. The smallest absolute Gasteiger partial charge is 0.261 e. The molecule has 1 saturated heterocycles. The normalized spacial score (nSPS) is 14.1. The summed E-state index contributed by atoms with van der Waals surface area (Å²) in [5.74, 6) is -0.951. The first kappa shape index (κ1) is 33.6. The maximum Gasteiger partial charge on any atom is 0.261 e. The highest BCUT2D eigenvalue weighted by Gasteiger charge is 2.32. The molecule has 2 N–H and O–H groups in total. The molecule has 10 nitrogen and oxygen atoms in total. The Kier molecular flexibility index (Phi) is 11.6. The van der Waals surface area contributed by atoms with Crippen LogP contribution in [0.15, 0.2) is 114 Å². The minimum Gasteiger partial charge on any atom is -0.484 e. The van der Waals surface area contributed by atoms with E-state index in [9.17, 15) is 22.4 Å². The minimum absolute atomic E-state index is 0.0379. The largest absolute Gasteiger partial charge is 0.484 e. The lowest BCUT2D eigenvalue weighted by Crippen LogP contribution is -2.47. The summed E-state index contributed by atoms with van der Waals surface area (Å²) in [5.41, 5.74) is 1.71. The van der Waals surface area contributed by atoms with Crippen molar-refractivity contribution in [2.45, 2.75) is 17.5 Å². The van der Waals surface area contributed by atoms with E-state index in [0.717, 1.165) is 30.8 Å². The number of amides is 2. The van der Waals surface area contributed by atoms with Crippen molar-refractivity contribution in [3.63, 3.8) is 0 Å². The summed E-state index contributed by atoms with van der Waals surface area (Å²) in [5, 5.41) is 3.03. The second-order valence-electron chi connectivity index (χ2n) is 10.9. The Balaban J connectivity index is 1.30. The Morgan fingerprint density at radius 2 is 1.51 bits per heavy atom. The molecule has 0 radical (unpaired) electrons. The zero-order valence-electron chi connectivity index (χ0n) is 25.8. The second kappa shape index (κ2) is 16.2. The van der Waals surface area contributed by atoms with Crippen LogP contribution in [0.2, 0.25) is 0 Å². The Labute approximate surface area is 274 Å². The summed E-state index contributed by atoms with van der Waals surface area (Å²) in [6.45, 7) is 3.76. The summed E-state index contributed by atoms with van der Waals surface area (Å²) in [7, 11) is -3.95. The van der Waals surface area contributed by atoms with Crippen LogP contribution in [0, 0.1) is 5.82 Å². The Bertz CT molecular complexity index is 1700. The zero-order chi connectivity index (χ0) is 33.1. The van der Waals surface area contributed by atoms with E-state index in [-0.39, 0.29) is 28.8 Å². The number of halogens is 1. The van der Waals surface area contributed by atoms with Gasteiger partial charge in [-0.1, -0.05) is 60.7 Å². The molecule has 12 heteroatoms. The highest BCUT2D eigenvalue weighted by atomic mass is 32.2. The van der Waals surface area contributed by atoms with Crippen molar-refractivity contribution in [3.8, 4) is 5.75 Å². The van der Waals surface area contributed by atoms with Crippen LogP contribution in [0.4, 0.5) is 10.1 Å². The van der Waals surface area contributed by atoms with Crippen LogP contribution in [-0.4, -0.2) is 76.0 Å². The molecule has 0 aliphatic carbocycles. The molecule has 0 unspecified atom stereocenters. The molecule has 1 heterocycles. The molecule has 4 aromatic carbocycles. The van der Waals surface area contributed by atoms with E-state index in [4.69, 9.17) is 9.47 Å². The van der Waals surface area contributed by atoms with Gasteiger partial charge < -0.3 is 19.7 Å². The van der Waals surface area contributed by atoms with E-state index in [2.05, 4.69) is 14.9 Å². The number of morpholine rings is 1. The molecule has 246 valence electrons. The van der Waals surface area contributed by atoms with E-state index in [0.29, 0.717) is 31.9 Å². The molecule has 4 aromatic rings. The van der Waals surface area contributed by atoms with E-state index >= 15 is 0 Å². The zero-order valence-corrected chi connectivity index (χ0v) is 26.6. The van der Waals surface area contributed by atoms with Crippen LogP contribution in [0.3, 0.4) is 0 Å². The third-order valence-corrected chi connectivity index (χ3v) is 9.01. The number of benzene rings is 4. The van der Waals surface area contributed by atoms with Crippen LogP contribution in [0.5, 0.6) is 5.75 Å². The van der Waals surface area contributed by atoms with Gasteiger partial charge in [-0.2, -0.15) is 0 Å². The Hall–Kier alpha value is -4.78. The van der Waals surface area contributed by atoms with Gasteiger partial charge in [-0.25, -0.2) is 12.8 Å². The number of anilines is 1. The first-order valence-electron chi connectivity index (χ1n) is 15.3. The minimum atomic E-state index is -3.95. The third kappa shape index (κ3) is 9.61. The van der Waals surface area contributed by atoms with Gasteiger partial charge in [0.2, 0.25) is 5.91 Å². The molecule has 0 spiro atoms. The first-order valence-corrected chi connectivity index (χ1v) is 16.7. The maximum absolute atomic E-state index is 13.9. The van der Waals surface area contributed by atoms with Crippen molar-refractivity contribution >= 4 is 27.5 Å². The summed E-state index contributed by atoms with van der Waals surface area (Å²) in [4.78, 5) is 31.4. The van der Waals surface area contributed by atoms with Gasteiger partial charge in [0.1, 0.15) is 17.6 Å². The molecule has 1 aliphatic heterocycles. The topological polar surface area (TPSA) is 117 Å². The van der Waals surface area contributed by atoms with Crippen LogP contribution in [0.25, 0.3) is 0 Å². The van der Waals surface area contributed by atoms with Crippen LogP contribution in [-0.2, 0) is 30.9 Å². The number of carbonyl (C=O) groups is 2. The molecule has 0 bridgehead atoms. The fourth-order valence-electron chi connectivity index (χ4n) is 5.15. The van der Waals surface area contributed by atoms with Crippen molar-refractivity contribution in [1.29, 1.82) is 0 Å². The lowest BCUT2D eigenvalue weighted by Gasteiger charge is -2.32. The van der Waals surface area contributed by atoms with Crippen LogP contribution < -0.4 is 14.8 Å². The fourth-order valence-corrected chi connectivity index (χ4v) is 6.20. The van der Waals surface area contributed by atoms with E-state index in [1.165, 1.54) is 41.3 Å². The van der Waals surface area contributed by atoms with Gasteiger partial charge in [0.25, 0.3) is 15.9 Å². The van der Waals surface area contributed by atoms with Crippen molar-refractivity contribution in [2.24, 2.45) is 0 Å². The number of sulfonamides is 1. The number of nitrogens with one attached hydrogen (secondary N) is 2. The van der Waals surface area contributed by atoms with Crippen molar-refractivity contribution < 1.29 is 31.9 Å². The quantitative estimate of drug-likeness (QED) is 0.208. The van der Waals surface area contributed by atoms with Crippen molar-refractivity contribution in [1.82, 2.24) is 15.1 Å². The summed E-state index contributed by atoms with van der Waals surface area (Å²) in [6, 6.07) is 28.2. The highest BCUT2D eigenvalue weighted by Crippen LogP contribution is 2.25. The number of ether oxygens (including phenoxy) is 2. The van der Waals surface area contributed by atoms with E-state index < -0.39 is 34.4 Å². The molecular weight excluding hydrogens is 623 g/mol. The molecular formula is C35H37FN4O6S. The Morgan fingerprint density at radius 3 is 2.17 bits per heavy atom. The van der Waals surface area contributed by atoms with Crippen LogP contribution in [0.1, 0.15) is 17.2 Å². The third-order valence-electron chi connectivity index (χ3n) is 7.62. The van der Waals surface area contributed by atoms with E-state index in [1.807, 2.05) is 60.7 Å². The SMILES string of the molecule is O=C(NCCN1CCOCC1)[C@H](c1ccccc1)N(Cc1ccccc1)C(=O)COc1ccc(S(=O)(=O)Nc2ccc(F)cc2)cc1. The van der Waals surface area contributed by atoms with Gasteiger partial charge in [-0.05, 0) is 59.7 Å². The van der Waals surface area contributed by atoms with Gasteiger partial charge in [0, 0.05) is 38.4 Å². The van der Waals surface area contributed by atoms with Crippen LogP contribution >= 0.6 is 0 Å². The lowest BCUT2D eigenvalue weighted by atomic mass is 10.0. The van der Waals surface area contributed by atoms with Gasteiger partial charge >= 0.3 is 0 Å². The highest BCUT2D eigenvalue weighted by molar-refractivity contribution is 7.92. The lowest BCUT2D eigenvalue weighted by molar-refractivity contribution is -0.143. The monoisotopic (exact) mass is 660 g/mol. The Morgan fingerprint density at radius 1 is 0.872 bits per heavy atom. The average Bonchev–Trinajstić information content (AvgIpc) is 3.09. The van der Waals surface area contributed by atoms with Crippen molar-refractivity contribution in [3.05, 3.63) is 126 Å². The number of hydrogen-bond donors (Lipinski definition) is 2. The number of hydrogen-bond acceptors (Lipinski definition) is 7. The number of nitrogens with zero attached hydrogens (tertiary/aromatic N) is 2. The molecule has 1 fully saturated rings. The predicted molar refractivity (Wildman–Crippen MR) is 176 cm³/mol. The summed E-state index contributed by atoms with van der Waals surface area (Å²) in [6.07, 6.45) is 0. The molecule has 0 aromatic heterocycles. The molecule has 1 atom stereocenters. The molecule has 5 rings (SSSR count).